The van der Waals surface area contributed by atoms with Gasteiger partial charge >= 0.3 is 16.7 Å². The summed E-state index contributed by atoms with van der Waals surface area (Å²) in [6, 6.07) is 4.35. The third kappa shape index (κ3) is 7.45. The normalized spacial score (nSPS) is 17.9. The Morgan fingerprint density at radius 1 is 1.24 bits per heavy atom. The number of nitrogens with zero attached hydrogens (tertiary/aromatic N) is 4. The SMILES string of the molecule is NS(=O)(=O)OC[C@@H]1CC[C@H](Nc2ncncc2C(=O)c2ccn(Cc3ccc(F)c(OC(F)(F)F)c3)n2)C1. The van der Waals surface area contributed by atoms with Crippen LogP contribution in [0.2, 0.25) is 0 Å². The minimum atomic E-state index is -5.05. The van der Waals surface area contributed by atoms with Gasteiger partial charge in [-0.15, -0.1) is 13.2 Å². The Morgan fingerprint density at radius 3 is 2.76 bits per heavy atom. The van der Waals surface area contributed by atoms with Gasteiger partial charge in [-0.2, -0.15) is 13.5 Å². The Labute approximate surface area is 214 Å². The standard InChI is InChI=1S/C22H22F4N6O5S/c23-17-4-2-13(8-19(17)37-22(24,25)26)10-32-6-5-18(31-32)20(33)16-9-28-12-29-21(16)30-15-3-1-14(7-15)11-36-38(27,34)35/h2,4-6,8-9,12,14-15H,1,3,7,10-11H2,(H2,27,34,35)(H,28,29,30)/t14-,15+/m1/s1. The number of nitrogens with two attached hydrogens (primary N) is 1. The van der Waals surface area contributed by atoms with Gasteiger partial charge in [0.25, 0.3) is 0 Å². The molecular formula is C22H22F4N6O5S. The number of nitrogens with one attached hydrogen (secondary N) is 1. The number of alkyl halides is 3. The van der Waals surface area contributed by atoms with E-state index in [4.69, 9.17) is 5.14 Å². The lowest BCUT2D eigenvalue weighted by molar-refractivity contribution is -0.275. The van der Waals surface area contributed by atoms with Gasteiger partial charge in [0, 0.05) is 18.4 Å². The van der Waals surface area contributed by atoms with Gasteiger partial charge in [-0.3, -0.25) is 13.7 Å². The van der Waals surface area contributed by atoms with Gasteiger partial charge in [0.05, 0.1) is 18.7 Å². The first-order valence-electron chi connectivity index (χ1n) is 11.2. The second-order valence-electron chi connectivity index (χ2n) is 8.62. The highest BCUT2D eigenvalue weighted by Crippen LogP contribution is 2.30. The average molecular weight is 559 g/mol. The molecule has 0 bridgehead atoms. The maximum absolute atomic E-state index is 13.7. The summed E-state index contributed by atoms with van der Waals surface area (Å²) in [5.74, 6) is -2.42. The van der Waals surface area contributed by atoms with Crippen molar-refractivity contribution in [2.75, 3.05) is 11.9 Å². The lowest BCUT2D eigenvalue weighted by Crippen LogP contribution is -2.22. The quantitative estimate of drug-likeness (QED) is 0.283. The van der Waals surface area contributed by atoms with E-state index in [0.717, 1.165) is 12.1 Å². The molecule has 1 aliphatic rings. The molecule has 204 valence electrons. The van der Waals surface area contributed by atoms with Crippen LogP contribution in [0.3, 0.4) is 0 Å². The number of ether oxygens (including phenoxy) is 1. The summed E-state index contributed by atoms with van der Waals surface area (Å²) >= 11 is 0. The third-order valence-electron chi connectivity index (χ3n) is 5.75. The molecule has 0 radical (unpaired) electrons. The Morgan fingerprint density at radius 2 is 2.03 bits per heavy atom. The number of hydrogen-bond acceptors (Lipinski definition) is 9. The molecule has 1 saturated carbocycles. The van der Waals surface area contributed by atoms with Crippen molar-refractivity contribution in [2.24, 2.45) is 11.1 Å². The van der Waals surface area contributed by atoms with E-state index in [1.54, 1.807) is 0 Å². The smallest absolute Gasteiger partial charge is 0.403 e. The molecule has 38 heavy (non-hydrogen) atoms. The maximum Gasteiger partial charge on any atom is 0.573 e. The van der Waals surface area contributed by atoms with Crippen molar-refractivity contribution >= 4 is 21.9 Å². The first-order valence-corrected chi connectivity index (χ1v) is 12.7. The van der Waals surface area contributed by atoms with Crippen molar-refractivity contribution in [2.45, 2.75) is 38.2 Å². The molecule has 0 spiro atoms. The zero-order valence-corrected chi connectivity index (χ0v) is 20.4. The molecule has 3 N–H and O–H groups in total. The van der Waals surface area contributed by atoms with Crippen molar-refractivity contribution in [3.8, 4) is 5.75 Å². The fourth-order valence-corrected chi connectivity index (χ4v) is 4.48. The highest BCUT2D eigenvalue weighted by Gasteiger charge is 2.32. The molecule has 4 rings (SSSR count). The molecule has 16 heteroatoms. The Balaban J connectivity index is 1.43. The summed E-state index contributed by atoms with van der Waals surface area (Å²) in [5.41, 5.74) is 0.438. The summed E-state index contributed by atoms with van der Waals surface area (Å²) in [6.07, 6.45) is 0.932. The summed E-state index contributed by atoms with van der Waals surface area (Å²) in [7, 11) is -4.03. The number of halogens is 4. The first-order chi connectivity index (χ1) is 17.9. The molecule has 2 aromatic heterocycles. The van der Waals surface area contributed by atoms with Crippen LogP contribution in [0.25, 0.3) is 0 Å². The number of aromatic nitrogens is 4. The molecule has 11 nitrogen and oxygen atoms in total. The van der Waals surface area contributed by atoms with Crippen molar-refractivity contribution in [3.63, 3.8) is 0 Å². The van der Waals surface area contributed by atoms with Crippen LogP contribution in [-0.4, -0.2) is 53.0 Å². The Kier molecular flexibility index (Phi) is 7.94. The lowest BCUT2D eigenvalue weighted by atomic mass is 10.1. The van der Waals surface area contributed by atoms with Gasteiger partial charge in [0.2, 0.25) is 5.78 Å². The monoisotopic (exact) mass is 558 g/mol. The minimum absolute atomic E-state index is 0.0302. The van der Waals surface area contributed by atoms with Crippen LogP contribution < -0.4 is 15.2 Å². The van der Waals surface area contributed by atoms with Crippen molar-refractivity contribution < 1.29 is 39.7 Å². The van der Waals surface area contributed by atoms with Crippen molar-refractivity contribution in [1.82, 2.24) is 19.7 Å². The second-order valence-corrected chi connectivity index (χ2v) is 9.84. The number of rotatable bonds is 10. The fraction of sp³-hybridized carbons (Fsp3) is 0.364. The highest BCUT2D eigenvalue weighted by atomic mass is 32.2. The van der Waals surface area contributed by atoms with Gasteiger partial charge in [-0.1, -0.05) is 6.07 Å². The Bertz CT molecular complexity index is 1420. The van der Waals surface area contributed by atoms with Crippen LogP contribution in [-0.2, 0) is 21.0 Å². The summed E-state index contributed by atoms with van der Waals surface area (Å²) < 4.78 is 82.9. The molecule has 0 aliphatic heterocycles. The Hall–Kier alpha value is -3.63. The largest absolute Gasteiger partial charge is 0.573 e. The molecule has 3 aromatic rings. The number of anilines is 1. The zero-order valence-electron chi connectivity index (χ0n) is 19.6. The predicted octanol–water partition coefficient (Wildman–Crippen LogP) is 2.79. The van der Waals surface area contributed by atoms with Gasteiger partial charge in [-0.25, -0.2) is 19.5 Å². The average Bonchev–Trinajstić information content (AvgIpc) is 3.48. The van der Waals surface area contributed by atoms with Crippen LogP contribution in [0.4, 0.5) is 23.4 Å². The number of carbonyl (C=O) groups is 1. The van der Waals surface area contributed by atoms with E-state index in [9.17, 15) is 30.8 Å². The minimum Gasteiger partial charge on any atom is -0.403 e. The number of benzene rings is 1. The molecule has 1 fully saturated rings. The molecule has 2 heterocycles. The first kappa shape index (κ1) is 27.4. The van der Waals surface area contributed by atoms with E-state index < -0.39 is 34.0 Å². The van der Waals surface area contributed by atoms with Gasteiger partial charge in [-0.05, 0) is 48.9 Å². The molecule has 1 aromatic carbocycles. The predicted molar refractivity (Wildman–Crippen MR) is 124 cm³/mol. The zero-order chi connectivity index (χ0) is 27.5. The van der Waals surface area contributed by atoms with Crippen molar-refractivity contribution in [3.05, 3.63) is 65.6 Å². The number of hydrogen-bond donors (Lipinski definition) is 2. The number of carbonyl (C=O) groups excluding carboxylic acids is 1. The summed E-state index contributed by atoms with van der Waals surface area (Å²) in [5, 5.41) is 12.2. The van der Waals surface area contributed by atoms with Gasteiger partial charge < -0.3 is 10.1 Å². The van der Waals surface area contributed by atoms with Crippen LogP contribution in [0.1, 0.15) is 40.9 Å². The van der Waals surface area contributed by atoms with E-state index in [2.05, 4.69) is 29.3 Å². The molecule has 2 atom stereocenters. The summed E-state index contributed by atoms with van der Waals surface area (Å²) in [4.78, 5) is 21.2. The van der Waals surface area contributed by atoms with E-state index in [0.29, 0.717) is 19.3 Å². The summed E-state index contributed by atoms with van der Waals surface area (Å²) in [6.45, 7) is -0.0931. The molecule has 0 saturated heterocycles. The molecule has 0 amide bonds. The topological polar surface area (TPSA) is 151 Å². The molecular weight excluding hydrogens is 536 g/mol. The van der Waals surface area contributed by atoms with Crippen LogP contribution in [0.5, 0.6) is 5.75 Å². The maximum atomic E-state index is 13.7. The molecule has 1 aliphatic carbocycles. The highest BCUT2D eigenvalue weighted by molar-refractivity contribution is 7.84. The van der Waals surface area contributed by atoms with Gasteiger partial charge in [0.15, 0.2) is 11.6 Å². The lowest BCUT2D eigenvalue weighted by Gasteiger charge is -2.15. The van der Waals surface area contributed by atoms with E-state index in [1.165, 1.54) is 35.5 Å². The molecule has 0 unspecified atom stereocenters. The van der Waals surface area contributed by atoms with Crippen LogP contribution in [0, 0.1) is 11.7 Å². The second kappa shape index (κ2) is 11.0. The van der Waals surface area contributed by atoms with E-state index in [1.807, 2.05) is 0 Å². The van der Waals surface area contributed by atoms with Crippen molar-refractivity contribution in [1.29, 1.82) is 0 Å². The fourth-order valence-electron chi connectivity index (χ4n) is 4.10. The third-order valence-corrected chi connectivity index (χ3v) is 6.21. The van der Waals surface area contributed by atoms with E-state index in [-0.39, 0.29) is 47.8 Å². The van der Waals surface area contributed by atoms with E-state index >= 15 is 0 Å². The van der Waals surface area contributed by atoms with Gasteiger partial charge in [0.1, 0.15) is 17.8 Å². The number of ketones is 1. The van der Waals surface area contributed by atoms with Crippen LogP contribution >= 0.6 is 0 Å². The van der Waals surface area contributed by atoms with Crippen LogP contribution in [0.15, 0.2) is 43.0 Å².